The zero-order valence-corrected chi connectivity index (χ0v) is 32.4. The van der Waals surface area contributed by atoms with Crippen LogP contribution >= 0.6 is 0 Å². The van der Waals surface area contributed by atoms with Crippen LogP contribution in [0, 0.1) is 0 Å². The van der Waals surface area contributed by atoms with Crippen molar-refractivity contribution in [1.82, 2.24) is 9.55 Å². The van der Waals surface area contributed by atoms with Crippen LogP contribution in [0.15, 0.2) is 206 Å². The first-order valence-electron chi connectivity index (χ1n) is 20.8. The second kappa shape index (κ2) is 11.5. The summed E-state index contributed by atoms with van der Waals surface area (Å²) in [7, 11) is 0. The summed E-state index contributed by atoms with van der Waals surface area (Å²) in [5, 5.41) is 0. The lowest BCUT2D eigenvalue weighted by Gasteiger charge is -2.48. The van der Waals surface area contributed by atoms with Gasteiger partial charge in [0.15, 0.2) is 11.5 Å². The molecule has 4 aliphatic rings. The molecule has 0 fully saturated rings. The molecule has 0 radical (unpaired) electrons. The molecule has 3 aliphatic carbocycles. The summed E-state index contributed by atoms with van der Waals surface area (Å²) in [4.78, 5) is 5.17. The van der Waals surface area contributed by atoms with Gasteiger partial charge in [-0.25, -0.2) is 4.98 Å². The number of hydrogen-bond acceptors (Lipinski definition) is 2. The fourth-order valence-corrected chi connectivity index (χ4v) is 11.7. The van der Waals surface area contributed by atoms with Crippen LogP contribution in [0.1, 0.15) is 44.5 Å². The third-order valence-electron chi connectivity index (χ3n) is 13.9. The number of para-hydroxylation sites is 2. The van der Waals surface area contributed by atoms with Gasteiger partial charge in [0, 0.05) is 11.1 Å². The normalized spacial score (nSPS) is 14.7. The van der Waals surface area contributed by atoms with Crippen molar-refractivity contribution in [2.24, 2.45) is 0 Å². The molecular weight excluding hydrogens is 729 g/mol. The maximum absolute atomic E-state index is 6.98. The minimum Gasteiger partial charge on any atom is -0.452 e. The Morgan fingerprint density at radius 1 is 0.367 bits per heavy atom. The van der Waals surface area contributed by atoms with Gasteiger partial charge < -0.3 is 4.74 Å². The molecule has 3 heteroatoms. The zero-order chi connectivity index (χ0) is 39.2. The average molecular weight is 763 g/mol. The minimum atomic E-state index is -0.577. The molecule has 0 unspecified atom stereocenters. The van der Waals surface area contributed by atoms with Crippen LogP contribution in [0.25, 0.3) is 61.5 Å². The van der Waals surface area contributed by atoms with Crippen molar-refractivity contribution in [1.29, 1.82) is 0 Å². The number of benzene rings is 9. The molecule has 0 amide bonds. The fourth-order valence-electron chi connectivity index (χ4n) is 11.7. The van der Waals surface area contributed by atoms with Crippen molar-refractivity contribution in [2.45, 2.75) is 10.8 Å². The van der Waals surface area contributed by atoms with Crippen LogP contribution in [0.5, 0.6) is 11.5 Å². The zero-order valence-electron chi connectivity index (χ0n) is 32.4. The van der Waals surface area contributed by atoms with Gasteiger partial charge in [0.05, 0.1) is 22.0 Å². The standard InChI is InChI=1S/C57H34N2O/c1-2-16-35(17-3-1)55-58-50-29-15-31-52-53(50)59(55)51-30-14-21-37(54(51)60-52)36-32-33-41-40-20-6-9-24-44(40)57(49(41)34-36)47-27-12-10-25-45(47)56(46-26-11-13-28-48(46)57)42-22-7-4-18-38(42)39-19-5-8-23-43(39)56/h1-34H. The van der Waals surface area contributed by atoms with E-state index in [1.165, 1.54) is 66.8 Å². The first-order valence-corrected chi connectivity index (χ1v) is 20.8. The van der Waals surface area contributed by atoms with E-state index in [0.29, 0.717) is 0 Å². The van der Waals surface area contributed by atoms with E-state index in [4.69, 9.17) is 9.72 Å². The maximum atomic E-state index is 6.98. The largest absolute Gasteiger partial charge is 0.452 e. The molecule has 0 saturated carbocycles. The van der Waals surface area contributed by atoms with E-state index in [9.17, 15) is 0 Å². The van der Waals surface area contributed by atoms with E-state index >= 15 is 0 Å². The van der Waals surface area contributed by atoms with Crippen molar-refractivity contribution < 1.29 is 4.74 Å². The molecule has 14 rings (SSSR count). The van der Waals surface area contributed by atoms with E-state index in [2.05, 4.69) is 205 Å². The van der Waals surface area contributed by atoms with E-state index in [-0.39, 0.29) is 0 Å². The molecule has 0 N–H and O–H groups in total. The highest BCUT2D eigenvalue weighted by atomic mass is 16.5. The third-order valence-corrected chi connectivity index (χ3v) is 13.9. The average Bonchev–Trinajstić information content (AvgIpc) is 3.95. The van der Waals surface area contributed by atoms with Crippen LogP contribution in [0.3, 0.4) is 0 Å². The number of aromatic nitrogens is 2. The van der Waals surface area contributed by atoms with Gasteiger partial charge >= 0.3 is 0 Å². The fraction of sp³-hybridized carbons (Fsp3) is 0.0351. The number of imidazole rings is 1. The molecular formula is C57H34N2O. The molecule has 2 heterocycles. The molecule has 1 aromatic heterocycles. The molecule has 3 nitrogen and oxygen atoms in total. The van der Waals surface area contributed by atoms with Gasteiger partial charge in [0.25, 0.3) is 0 Å². The number of rotatable bonds is 2. The molecule has 1 aliphatic heterocycles. The van der Waals surface area contributed by atoms with Crippen LogP contribution in [0.4, 0.5) is 0 Å². The number of fused-ring (bicyclic) bond motifs is 18. The molecule has 9 aromatic carbocycles. The number of nitrogens with zero attached hydrogens (tertiary/aromatic N) is 2. The Kier molecular flexibility index (Phi) is 6.16. The molecule has 0 bridgehead atoms. The first-order chi connectivity index (χ1) is 29.8. The first kappa shape index (κ1) is 32.2. The van der Waals surface area contributed by atoms with Crippen molar-refractivity contribution >= 4 is 11.0 Å². The summed E-state index contributed by atoms with van der Waals surface area (Å²) < 4.78 is 9.27. The van der Waals surface area contributed by atoms with Crippen LogP contribution < -0.4 is 4.74 Å². The highest BCUT2D eigenvalue weighted by Gasteiger charge is 2.58. The second-order valence-electron chi connectivity index (χ2n) is 16.5. The number of hydrogen-bond donors (Lipinski definition) is 0. The van der Waals surface area contributed by atoms with Crippen LogP contribution in [-0.4, -0.2) is 9.55 Å². The minimum absolute atomic E-state index is 0.479. The number of ether oxygens (including phenoxy) is 1. The van der Waals surface area contributed by atoms with Gasteiger partial charge in [-0.3, -0.25) is 4.57 Å². The van der Waals surface area contributed by atoms with Gasteiger partial charge in [0.1, 0.15) is 11.3 Å². The van der Waals surface area contributed by atoms with Crippen molar-refractivity contribution in [3.8, 4) is 62.0 Å². The maximum Gasteiger partial charge on any atom is 0.159 e. The predicted octanol–water partition coefficient (Wildman–Crippen LogP) is 13.5. The Labute approximate surface area is 347 Å². The van der Waals surface area contributed by atoms with Crippen LogP contribution in [0.2, 0.25) is 0 Å². The summed E-state index contributed by atoms with van der Waals surface area (Å²) in [6.45, 7) is 0. The van der Waals surface area contributed by atoms with Crippen LogP contribution in [-0.2, 0) is 10.8 Å². The topological polar surface area (TPSA) is 27.1 Å². The van der Waals surface area contributed by atoms with Crippen molar-refractivity contribution in [3.63, 3.8) is 0 Å². The van der Waals surface area contributed by atoms with E-state index in [1.54, 1.807) is 0 Å². The molecule has 60 heavy (non-hydrogen) atoms. The SMILES string of the molecule is c1ccc(-c2nc3cccc4c3n2-c2cccc(-c3ccc5c(c3)C3(c6ccccc6-5)c5ccccc5C5(c6ccccc6-c6ccccc65)c5ccccc53)c2O4)cc1. The lowest BCUT2D eigenvalue weighted by Crippen LogP contribution is -2.43. The Balaban J connectivity index is 1.06. The van der Waals surface area contributed by atoms with Crippen molar-refractivity contribution in [3.05, 3.63) is 251 Å². The second-order valence-corrected chi connectivity index (χ2v) is 16.5. The summed E-state index contributed by atoms with van der Waals surface area (Å²) in [5.41, 5.74) is 20.8. The summed E-state index contributed by atoms with van der Waals surface area (Å²) in [6, 6.07) is 76.2. The molecule has 0 atom stereocenters. The van der Waals surface area contributed by atoms with Gasteiger partial charge in [-0.2, -0.15) is 0 Å². The smallest absolute Gasteiger partial charge is 0.159 e. The lowest BCUT2D eigenvalue weighted by molar-refractivity contribution is 0.477. The van der Waals surface area contributed by atoms with Gasteiger partial charge in [-0.15, -0.1) is 0 Å². The highest BCUT2D eigenvalue weighted by molar-refractivity contribution is 5.96. The highest BCUT2D eigenvalue weighted by Crippen LogP contribution is 2.67. The van der Waals surface area contributed by atoms with Gasteiger partial charge in [-0.05, 0) is 96.6 Å². The van der Waals surface area contributed by atoms with Crippen molar-refractivity contribution in [2.75, 3.05) is 0 Å². The summed E-state index contributed by atoms with van der Waals surface area (Å²) >= 11 is 0. The van der Waals surface area contributed by atoms with Gasteiger partial charge in [0.2, 0.25) is 0 Å². The monoisotopic (exact) mass is 762 g/mol. The molecule has 0 saturated heterocycles. The Morgan fingerprint density at radius 3 is 1.45 bits per heavy atom. The summed E-state index contributed by atoms with van der Waals surface area (Å²) in [5.74, 6) is 2.55. The molecule has 278 valence electrons. The van der Waals surface area contributed by atoms with E-state index in [1.807, 2.05) is 6.07 Å². The predicted molar refractivity (Wildman–Crippen MR) is 240 cm³/mol. The summed E-state index contributed by atoms with van der Waals surface area (Å²) in [6.07, 6.45) is 0. The quantitative estimate of drug-likeness (QED) is 0.175. The third kappa shape index (κ3) is 3.75. The van der Waals surface area contributed by atoms with E-state index < -0.39 is 10.8 Å². The van der Waals surface area contributed by atoms with Gasteiger partial charge in [-0.1, -0.05) is 182 Å². The Bertz CT molecular complexity index is 3390. The lowest BCUT2D eigenvalue weighted by atomic mass is 9.52. The molecule has 2 spiro atoms. The molecule has 10 aromatic rings. The van der Waals surface area contributed by atoms with E-state index in [0.717, 1.165) is 50.7 Å². The Morgan fingerprint density at radius 2 is 0.850 bits per heavy atom. The Hall–Kier alpha value is -7.75.